The van der Waals surface area contributed by atoms with Crippen molar-refractivity contribution in [1.29, 1.82) is 0 Å². The second-order valence-corrected chi connectivity index (χ2v) is 6.16. The van der Waals surface area contributed by atoms with Crippen molar-refractivity contribution in [3.8, 4) is 0 Å². The zero-order valence-electron chi connectivity index (χ0n) is 16.9. The summed E-state index contributed by atoms with van der Waals surface area (Å²) < 4.78 is 10.1. The van der Waals surface area contributed by atoms with Gasteiger partial charge in [0, 0.05) is 13.2 Å². The van der Waals surface area contributed by atoms with E-state index in [1.807, 2.05) is 41.5 Å². The molecule has 2 heteroatoms. The van der Waals surface area contributed by atoms with E-state index in [0.717, 1.165) is 19.6 Å². The van der Waals surface area contributed by atoms with Gasteiger partial charge in [0.1, 0.15) is 0 Å². The summed E-state index contributed by atoms with van der Waals surface area (Å²) in [5.41, 5.74) is 2.74. The van der Waals surface area contributed by atoms with Crippen LogP contribution in [0.3, 0.4) is 0 Å². The highest BCUT2D eigenvalue weighted by Gasteiger charge is 1.92. The van der Waals surface area contributed by atoms with Gasteiger partial charge >= 0.3 is 0 Å². The van der Waals surface area contributed by atoms with E-state index in [1.165, 1.54) is 11.1 Å². The summed E-state index contributed by atoms with van der Waals surface area (Å²) in [7, 11) is 0. The Labute approximate surface area is 155 Å². The Morgan fingerprint density at radius 2 is 0.920 bits per heavy atom. The molecule has 0 spiro atoms. The maximum atomic E-state index is 5.04. The first-order valence-electron chi connectivity index (χ1n) is 9.30. The lowest BCUT2D eigenvalue weighted by Crippen LogP contribution is -1.99. The van der Waals surface area contributed by atoms with Crippen LogP contribution >= 0.6 is 0 Å². The van der Waals surface area contributed by atoms with Gasteiger partial charge in [-0.2, -0.15) is 0 Å². The Kier molecular flexibility index (Phi) is 14.8. The summed E-state index contributed by atoms with van der Waals surface area (Å²) in [6, 6.07) is 21.1. The summed E-state index contributed by atoms with van der Waals surface area (Å²) >= 11 is 0. The van der Waals surface area contributed by atoms with Gasteiger partial charge in [-0.25, -0.2) is 0 Å². The van der Waals surface area contributed by atoms with Crippen molar-refractivity contribution in [2.45, 2.75) is 60.2 Å². The molecule has 0 amide bonds. The minimum atomic E-state index is 0.398. The zero-order chi connectivity index (χ0) is 18.9. The van der Waals surface area contributed by atoms with Crippen molar-refractivity contribution in [1.82, 2.24) is 0 Å². The van der Waals surface area contributed by atoms with Gasteiger partial charge in [0.25, 0.3) is 0 Å². The molecule has 0 atom stereocenters. The van der Waals surface area contributed by atoms with E-state index in [0.29, 0.717) is 12.2 Å². The third-order valence-electron chi connectivity index (χ3n) is 3.09. The van der Waals surface area contributed by atoms with E-state index in [4.69, 9.17) is 9.47 Å². The average Bonchev–Trinajstić information content (AvgIpc) is 2.57. The standard InChI is InChI=1S/C13H12.2C5H12O/c1-3-7-12(8-4-1)11-13-9-5-2-6-10-13;2*1-4-6-5(2)3/h1-10H,11H2;2*5H,4H2,1-3H3. The number of hydrogen-bond acceptors (Lipinski definition) is 2. The fourth-order valence-corrected chi connectivity index (χ4v) is 2.09. The Hall–Kier alpha value is -1.64. The van der Waals surface area contributed by atoms with Crippen LogP contribution in [0.2, 0.25) is 0 Å². The molecule has 140 valence electrons. The van der Waals surface area contributed by atoms with E-state index in [9.17, 15) is 0 Å². The van der Waals surface area contributed by atoms with Crippen LogP contribution in [-0.2, 0) is 15.9 Å². The Morgan fingerprint density at radius 1 is 0.600 bits per heavy atom. The molecule has 0 radical (unpaired) electrons. The minimum Gasteiger partial charge on any atom is -0.379 e. The van der Waals surface area contributed by atoms with Crippen molar-refractivity contribution in [2.75, 3.05) is 13.2 Å². The summed E-state index contributed by atoms with van der Waals surface area (Å²) in [5, 5.41) is 0. The molecule has 0 aromatic heterocycles. The molecular formula is C23H36O2. The predicted octanol–water partition coefficient (Wildman–Crippen LogP) is 6.14. The van der Waals surface area contributed by atoms with Crippen LogP contribution in [-0.4, -0.2) is 25.4 Å². The average molecular weight is 345 g/mol. The first kappa shape index (κ1) is 23.4. The lowest BCUT2D eigenvalue weighted by molar-refractivity contribution is 0.0897. The first-order chi connectivity index (χ1) is 12.0. The topological polar surface area (TPSA) is 18.5 Å². The molecule has 0 heterocycles. The molecule has 0 saturated carbocycles. The zero-order valence-corrected chi connectivity index (χ0v) is 16.9. The van der Waals surface area contributed by atoms with Gasteiger partial charge in [-0.05, 0) is 59.1 Å². The van der Waals surface area contributed by atoms with Crippen LogP contribution in [0.1, 0.15) is 52.7 Å². The monoisotopic (exact) mass is 344 g/mol. The van der Waals surface area contributed by atoms with Gasteiger partial charge in [0.2, 0.25) is 0 Å². The van der Waals surface area contributed by atoms with Crippen molar-refractivity contribution in [3.63, 3.8) is 0 Å². The number of hydrogen-bond donors (Lipinski definition) is 0. The molecule has 2 nitrogen and oxygen atoms in total. The third-order valence-corrected chi connectivity index (χ3v) is 3.09. The summed E-state index contributed by atoms with van der Waals surface area (Å²) in [6.07, 6.45) is 1.83. The van der Waals surface area contributed by atoms with Gasteiger partial charge in [-0.15, -0.1) is 0 Å². The van der Waals surface area contributed by atoms with Gasteiger partial charge in [0.05, 0.1) is 12.2 Å². The van der Waals surface area contributed by atoms with Crippen LogP contribution in [0.15, 0.2) is 60.7 Å². The van der Waals surface area contributed by atoms with E-state index in [-0.39, 0.29) is 0 Å². The normalized spacial score (nSPS) is 9.92. The van der Waals surface area contributed by atoms with Gasteiger partial charge in [-0.1, -0.05) is 60.7 Å². The van der Waals surface area contributed by atoms with Crippen LogP contribution in [0.25, 0.3) is 0 Å². The van der Waals surface area contributed by atoms with E-state index in [2.05, 4.69) is 60.7 Å². The second-order valence-electron chi connectivity index (χ2n) is 6.16. The largest absolute Gasteiger partial charge is 0.379 e. The van der Waals surface area contributed by atoms with E-state index >= 15 is 0 Å². The Balaban J connectivity index is 0.000000406. The maximum Gasteiger partial charge on any atom is 0.0518 e. The lowest BCUT2D eigenvalue weighted by Gasteiger charge is -2.00. The molecule has 0 fully saturated rings. The second kappa shape index (κ2) is 15.9. The molecule has 0 aliphatic rings. The SMILES string of the molecule is CCOC(C)C.CCOC(C)C.c1ccc(Cc2ccccc2)cc1. The Morgan fingerprint density at radius 3 is 1.12 bits per heavy atom. The highest BCUT2D eigenvalue weighted by molar-refractivity contribution is 5.25. The molecule has 2 aromatic carbocycles. The molecule has 25 heavy (non-hydrogen) atoms. The molecule has 0 aliphatic heterocycles. The lowest BCUT2D eigenvalue weighted by atomic mass is 10.1. The van der Waals surface area contributed by atoms with Crippen LogP contribution < -0.4 is 0 Å². The van der Waals surface area contributed by atoms with Crippen molar-refractivity contribution >= 4 is 0 Å². The molecule has 2 aromatic rings. The first-order valence-corrected chi connectivity index (χ1v) is 9.30. The van der Waals surface area contributed by atoms with E-state index in [1.54, 1.807) is 0 Å². The minimum absolute atomic E-state index is 0.398. The third kappa shape index (κ3) is 15.6. The van der Waals surface area contributed by atoms with Crippen molar-refractivity contribution in [2.24, 2.45) is 0 Å². The molecule has 0 aliphatic carbocycles. The van der Waals surface area contributed by atoms with E-state index < -0.39 is 0 Å². The maximum absolute atomic E-state index is 5.04. The highest BCUT2D eigenvalue weighted by atomic mass is 16.5. The smallest absolute Gasteiger partial charge is 0.0518 e. The summed E-state index contributed by atoms with van der Waals surface area (Å²) in [4.78, 5) is 0. The molecule has 0 N–H and O–H groups in total. The Bertz CT molecular complexity index is 445. The van der Waals surface area contributed by atoms with Gasteiger partial charge in [-0.3, -0.25) is 0 Å². The predicted molar refractivity (Wildman–Crippen MR) is 109 cm³/mol. The summed E-state index contributed by atoms with van der Waals surface area (Å²) in [6.45, 7) is 13.8. The van der Waals surface area contributed by atoms with Crippen molar-refractivity contribution in [3.05, 3.63) is 71.8 Å². The van der Waals surface area contributed by atoms with Crippen LogP contribution in [0, 0.1) is 0 Å². The van der Waals surface area contributed by atoms with Crippen molar-refractivity contribution < 1.29 is 9.47 Å². The quantitative estimate of drug-likeness (QED) is 0.626. The fourth-order valence-electron chi connectivity index (χ4n) is 2.09. The summed E-state index contributed by atoms with van der Waals surface area (Å²) in [5.74, 6) is 0. The molecule has 2 rings (SSSR count). The van der Waals surface area contributed by atoms with Gasteiger partial charge in [0.15, 0.2) is 0 Å². The molecule has 0 saturated heterocycles. The highest BCUT2D eigenvalue weighted by Crippen LogP contribution is 2.07. The van der Waals surface area contributed by atoms with Crippen LogP contribution in [0.5, 0.6) is 0 Å². The number of rotatable bonds is 6. The molecule has 0 bridgehead atoms. The molecular weight excluding hydrogens is 308 g/mol. The fraction of sp³-hybridized carbons (Fsp3) is 0.478. The number of benzene rings is 2. The molecule has 0 unspecified atom stereocenters. The van der Waals surface area contributed by atoms with Gasteiger partial charge < -0.3 is 9.47 Å². The number of ether oxygens (including phenoxy) is 2. The van der Waals surface area contributed by atoms with Crippen LogP contribution in [0.4, 0.5) is 0 Å².